The van der Waals surface area contributed by atoms with Crippen LogP contribution in [0.4, 0.5) is 11.4 Å². The minimum Gasteiger partial charge on any atom is -0.328 e. The first kappa shape index (κ1) is 12.8. The van der Waals surface area contributed by atoms with Crippen molar-refractivity contribution in [1.82, 2.24) is 0 Å². The van der Waals surface area contributed by atoms with E-state index < -0.39 is 0 Å². The lowest BCUT2D eigenvalue weighted by atomic mass is 10.3. The summed E-state index contributed by atoms with van der Waals surface area (Å²) in [5, 5.41) is 0. The zero-order valence-electron chi connectivity index (χ0n) is 10.1. The highest BCUT2D eigenvalue weighted by Crippen LogP contribution is 2.26. The van der Waals surface area contributed by atoms with Gasteiger partial charge in [0, 0.05) is 32.7 Å². The Morgan fingerprint density at radius 2 is 1.00 bits per heavy atom. The Labute approximate surface area is 129 Å². The summed E-state index contributed by atoms with van der Waals surface area (Å²) in [5.41, 5.74) is 2.39. The minimum atomic E-state index is 0.837. The maximum absolute atomic E-state index is 3.46. The quantitative estimate of drug-likeness (QED) is 0.726. The topological polar surface area (TPSA) is 6.48 Å². The highest BCUT2D eigenvalue weighted by molar-refractivity contribution is 9.10. The van der Waals surface area contributed by atoms with E-state index in [9.17, 15) is 0 Å². The molecular weight excluding hydrogens is 368 g/mol. The lowest BCUT2D eigenvalue weighted by molar-refractivity contribution is 0.975. The molecule has 0 fully saturated rings. The molecule has 0 saturated heterocycles. The van der Waals surface area contributed by atoms with Gasteiger partial charge in [-0.15, -0.1) is 0 Å². The van der Waals surface area contributed by atoms with Crippen LogP contribution in [-0.4, -0.2) is 6.67 Å². The fourth-order valence-electron chi connectivity index (χ4n) is 2.02. The standard InChI is InChI=1S/C15H12Br2N2/c16-12-1-5-14(6-2-12)18-9-10-19(11-18)15-7-3-13(17)4-8-15/h1-10H,11H2. The highest BCUT2D eigenvalue weighted by atomic mass is 79.9. The molecule has 0 spiro atoms. The highest BCUT2D eigenvalue weighted by Gasteiger charge is 2.14. The van der Waals surface area contributed by atoms with Gasteiger partial charge in [-0.3, -0.25) is 0 Å². The first-order chi connectivity index (χ1) is 9.22. The predicted molar refractivity (Wildman–Crippen MR) is 87.2 cm³/mol. The van der Waals surface area contributed by atoms with E-state index in [-0.39, 0.29) is 0 Å². The van der Waals surface area contributed by atoms with Crippen molar-refractivity contribution in [3.63, 3.8) is 0 Å². The third-order valence-corrected chi connectivity index (χ3v) is 4.11. The van der Waals surface area contributed by atoms with Crippen molar-refractivity contribution in [3.05, 3.63) is 69.9 Å². The summed E-state index contributed by atoms with van der Waals surface area (Å²) < 4.78 is 2.20. The van der Waals surface area contributed by atoms with Gasteiger partial charge in [-0.1, -0.05) is 31.9 Å². The first-order valence-electron chi connectivity index (χ1n) is 5.95. The van der Waals surface area contributed by atoms with Gasteiger partial charge in [0.1, 0.15) is 0 Å². The smallest absolute Gasteiger partial charge is 0.0989 e. The van der Waals surface area contributed by atoms with Crippen LogP contribution in [0.25, 0.3) is 0 Å². The zero-order valence-corrected chi connectivity index (χ0v) is 13.3. The molecule has 1 aliphatic rings. The van der Waals surface area contributed by atoms with Gasteiger partial charge < -0.3 is 9.80 Å². The van der Waals surface area contributed by atoms with E-state index in [0.29, 0.717) is 0 Å². The van der Waals surface area contributed by atoms with Crippen LogP contribution in [0.2, 0.25) is 0 Å². The molecule has 2 aromatic rings. The van der Waals surface area contributed by atoms with E-state index in [4.69, 9.17) is 0 Å². The van der Waals surface area contributed by atoms with Crippen LogP contribution >= 0.6 is 31.9 Å². The summed E-state index contributed by atoms with van der Waals surface area (Å²) in [5.74, 6) is 0. The molecule has 0 atom stereocenters. The van der Waals surface area contributed by atoms with Crippen LogP contribution in [-0.2, 0) is 0 Å². The zero-order chi connectivity index (χ0) is 13.2. The third kappa shape index (κ3) is 2.85. The Morgan fingerprint density at radius 1 is 0.632 bits per heavy atom. The summed E-state index contributed by atoms with van der Waals surface area (Å²) in [7, 11) is 0. The molecule has 2 nitrogen and oxygen atoms in total. The van der Waals surface area contributed by atoms with E-state index in [1.54, 1.807) is 0 Å². The molecule has 1 heterocycles. The van der Waals surface area contributed by atoms with E-state index in [2.05, 4.69) is 103 Å². The van der Waals surface area contributed by atoms with Crippen molar-refractivity contribution >= 4 is 43.2 Å². The van der Waals surface area contributed by atoms with Gasteiger partial charge in [-0.2, -0.15) is 0 Å². The van der Waals surface area contributed by atoms with Crippen molar-refractivity contribution in [3.8, 4) is 0 Å². The van der Waals surface area contributed by atoms with Crippen LogP contribution in [0.15, 0.2) is 69.9 Å². The van der Waals surface area contributed by atoms with Crippen molar-refractivity contribution in [2.24, 2.45) is 0 Å². The van der Waals surface area contributed by atoms with Gasteiger partial charge in [0.15, 0.2) is 0 Å². The minimum absolute atomic E-state index is 0.837. The Morgan fingerprint density at radius 3 is 1.37 bits per heavy atom. The molecule has 4 heteroatoms. The summed E-state index contributed by atoms with van der Waals surface area (Å²) in [6.45, 7) is 0.837. The van der Waals surface area contributed by atoms with E-state index in [1.807, 2.05) is 0 Å². The molecule has 0 radical (unpaired) electrons. The number of halogens is 2. The molecule has 96 valence electrons. The number of nitrogens with zero attached hydrogens (tertiary/aromatic N) is 2. The van der Waals surface area contributed by atoms with Gasteiger partial charge in [0.2, 0.25) is 0 Å². The molecule has 0 saturated carbocycles. The van der Waals surface area contributed by atoms with Crippen molar-refractivity contribution in [2.45, 2.75) is 0 Å². The van der Waals surface area contributed by atoms with Crippen LogP contribution in [0.3, 0.4) is 0 Å². The monoisotopic (exact) mass is 378 g/mol. The second-order valence-corrected chi connectivity index (χ2v) is 6.16. The largest absolute Gasteiger partial charge is 0.328 e. The van der Waals surface area contributed by atoms with E-state index in [0.717, 1.165) is 15.6 Å². The number of benzene rings is 2. The van der Waals surface area contributed by atoms with Crippen molar-refractivity contribution in [2.75, 3.05) is 16.5 Å². The first-order valence-corrected chi connectivity index (χ1v) is 7.54. The molecule has 1 aliphatic heterocycles. The van der Waals surface area contributed by atoms with Gasteiger partial charge in [-0.05, 0) is 48.5 Å². The normalized spacial score (nSPS) is 14.2. The van der Waals surface area contributed by atoms with Crippen LogP contribution in [0, 0.1) is 0 Å². The van der Waals surface area contributed by atoms with Gasteiger partial charge in [0.25, 0.3) is 0 Å². The molecular formula is C15H12Br2N2. The molecule has 19 heavy (non-hydrogen) atoms. The second kappa shape index (κ2) is 5.39. The lowest BCUT2D eigenvalue weighted by Gasteiger charge is -2.21. The molecule has 0 amide bonds. The molecule has 0 N–H and O–H groups in total. The molecule has 0 unspecified atom stereocenters. The number of rotatable bonds is 2. The average molecular weight is 380 g/mol. The number of anilines is 2. The second-order valence-electron chi connectivity index (χ2n) is 4.33. The van der Waals surface area contributed by atoms with Gasteiger partial charge in [-0.25, -0.2) is 0 Å². The Hall–Kier alpha value is -1.26. The van der Waals surface area contributed by atoms with Crippen LogP contribution < -0.4 is 9.80 Å². The van der Waals surface area contributed by atoms with Crippen molar-refractivity contribution < 1.29 is 0 Å². The molecule has 0 aliphatic carbocycles. The molecule has 0 bridgehead atoms. The Bertz CT molecular complexity index is 537. The summed E-state index contributed by atoms with van der Waals surface area (Å²) in [6, 6.07) is 16.7. The number of hydrogen-bond acceptors (Lipinski definition) is 2. The van der Waals surface area contributed by atoms with Crippen LogP contribution in [0.5, 0.6) is 0 Å². The summed E-state index contributed by atoms with van der Waals surface area (Å²) in [4.78, 5) is 4.43. The maximum Gasteiger partial charge on any atom is 0.0989 e. The van der Waals surface area contributed by atoms with E-state index >= 15 is 0 Å². The third-order valence-electron chi connectivity index (χ3n) is 3.05. The lowest BCUT2D eigenvalue weighted by Crippen LogP contribution is -2.24. The molecule has 3 rings (SSSR count). The van der Waals surface area contributed by atoms with Gasteiger partial charge in [0.05, 0.1) is 6.67 Å². The fourth-order valence-corrected chi connectivity index (χ4v) is 2.55. The van der Waals surface area contributed by atoms with Crippen molar-refractivity contribution in [1.29, 1.82) is 0 Å². The SMILES string of the molecule is Brc1ccc(N2C=CN(c3ccc(Br)cc3)C2)cc1. The van der Waals surface area contributed by atoms with E-state index in [1.165, 1.54) is 11.4 Å². The number of hydrogen-bond donors (Lipinski definition) is 0. The average Bonchev–Trinajstić information content (AvgIpc) is 2.90. The van der Waals surface area contributed by atoms with Crippen LogP contribution in [0.1, 0.15) is 0 Å². The summed E-state index contributed by atoms with van der Waals surface area (Å²) >= 11 is 6.92. The Kier molecular flexibility index (Phi) is 3.62. The molecule has 2 aromatic carbocycles. The predicted octanol–water partition coefficient (Wildman–Crippen LogP) is 4.97. The fraction of sp³-hybridized carbons (Fsp3) is 0.0667. The van der Waals surface area contributed by atoms with Gasteiger partial charge >= 0.3 is 0 Å². The Balaban J connectivity index is 1.76. The summed E-state index contributed by atoms with van der Waals surface area (Å²) in [6.07, 6.45) is 4.20. The maximum atomic E-state index is 3.46. The molecule has 0 aromatic heterocycles.